The standard InChI is InChI=1S/C8H6BrCl3O.C7H5ClO.C4H12N2.ClH/c1-8(12)4(7(11)13)2-3-5(10)6(8)9;8-7(9)6-4-2-1-3-5-6;1-4(2,3)6-5;/h2-4H,1H3;1-5H;6H,5H2,1-3H3;1H. The molecule has 0 amide bonds. The van der Waals surface area contributed by atoms with Crippen molar-refractivity contribution in [2.45, 2.75) is 38.1 Å². The molecule has 4 nitrogen and oxygen atoms in total. The fourth-order valence-corrected chi connectivity index (χ4v) is 3.11. The Morgan fingerprint density at radius 3 is 1.93 bits per heavy atom. The Hall–Kier alpha value is -0.110. The lowest BCUT2D eigenvalue weighted by Crippen LogP contribution is -2.41. The van der Waals surface area contributed by atoms with Crippen LogP contribution < -0.4 is 11.3 Å². The molecular formula is C19H24BrCl5N2O2. The van der Waals surface area contributed by atoms with E-state index in [4.69, 9.17) is 52.2 Å². The van der Waals surface area contributed by atoms with Crippen molar-refractivity contribution < 1.29 is 9.59 Å². The molecule has 1 aromatic carbocycles. The second-order valence-corrected chi connectivity index (χ2v) is 9.61. The van der Waals surface area contributed by atoms with E-state index in [-0.39, 0.29) is 17.9 Å². The Morgan fingerprint density at radius 2 is 1.62 bits per heavy atom. The third-order valence-corrected chi connectivity index (χ3v) is 6.24. The molecule has 0 fully saturated rings. The largest absolute Gasteiger partial charge is 0.281 e. The lowest BCUT2D eigenvalue weighted by molar-refractivity contribution is -0.114. The average Bonchev–Trinajstić information content (AvgIpc) is 2.60. The zero-order valence-corrected chi connectivity index (χ0v) is 21.7. The highest BCUT2D eigenvalue weighted by atomic mass is 79.9. The maximum Gasteiger partial charge on any atom is 0.252 e. The van der Waals surface area contributed by atoms with Crippen LogP contribution in [0.5, 0.6) is 0 Å². The van der Waals surface area contributed by atoms with Gasteiger partial charge in [-0.25, -0.2) is 0 Å². The van der Waals surface area contributed by atoms with E-state index in [1.54, 1.807) is 43.3 Å². The first-order valence-electron chi connectivity index (χ1n) is 8.09. The summed E-state index contributed by atoms with van der Waals surface area (Å²) in [6.07, 6.45) is 3.22. The Bertz CT molecular complexity index is 732. The highest BCUT2D eigenvalue weighted by Gasteiger charge is 2.40. The summed E-state index contributed by atoms with van der Waals surface area (Å²) in [5.74, 6) is 4.51. The summed E-state index contributed by atoms with van der Waals surface area (Å²) in [4.78, 5) is 20.5. The third-order valence-electron chi connectivity index (χ3n) is 3.34. The smallest absolute Gasteiger partial charge is 0.252 e. The van der Waals surface area contributed by atoms with Crippen LogP contribution >= 0.6 is 74.7 Å². The van der Waals surface area contributed by atoms with Gasteiger partial charge >= 0.3 is 0 Å². The van der Waals surface area contributed by atoms with Crippen LogP contribution in [-0.2, 0) is 4.79 Å². The molecule has 0 saturated heterocycles. The summed E-state index contributed by atoms with van der Waals surface area (Å²) in [7, 11) is 0. The fourth-order valence-electron chi connectivity index (χ4n) is 1.66. The molecule has 0 spiro atoms. The van der Waals surface area contributed by atoms with E-state index in [0.29, 0.717) is 15.1 Å². The molecule has 3 N–H and O–H groups in total. The minimum absolute atomic E-state index is 0. The Labute approximate surface area is 206 Å². The third kappa shape index (κ3) is 11.7. The monoisotopic (exact) mass is 566 g/mol. The summed E-state index contributed by atoms with van der Waals surface area (Å²) in [5.41, 5.74) is 3.21. The minimum Gasteiger partial charge on any atom is -0.281 e. The van der Waals surface area contributed by atoms with Crippen molar-refractivity contribution in [2.75, 3.05) is 0 Å². The highest BCUT2D eigenvalue weighted by molar-refractivity contribution is 9.11. The summed E-state index contributed by atoms with van der Waals surface area (Å²) in [6, 6.07) is 8.74. The second-order valence-electron chi connectivity index (χ2n) is 6.91. The van der Waals surface area contributed by atoms with Crippen LogP contribution in [0.4, 0.5) is 0 Å². The van der Waals surface area contributed by atoms with Crippen molar-refractivity contribution in [1.82, 2.24) is 5.43 Å². The molecule has 2 rings (SSSR count). The number of benzene rings is 1. The Balaban J connectivity index is 0. The van der Waals surface area contributed by atoms with Gasteiger partial charge in [0.15, 0.2) is 0 Å². The first-order chi connectivity index (χ1) is 12.7. The molecule has 0 saturated carbocycles. The number of hydrazine groups is 1. The van der Waals surface area contributed by atoms with E-state index >= 15 is 0 Å². The molecule has 0 aliphatic heterocycles. The quantitative estimate of drug-likeness (QED) is 0.184. The number of hydrogen-bond acceptors (Lipinski definition) is 4. The van der Waals surface area contributed by atoms with Gasteiger partial charge in [0, 0.05) is 15.6 Å². The summed E-state index contributed by atoms with van der Waals surface area (Å²) >= 11 is 25.8. The van der Waals surface area contributed by atoms with Crippen LogP contribution in [-0.4, -0.2) is 20.9 Å². The number of nitrogens with two attached hydrogens (primary N) is 1. The molecule has 164 valence electrons. The molecule has 0 radical (unpaired) electrons. The first-order valence-corrected chi connectivity index (χ1v) is 10.4. The lowest BCUT2D eigenvalue weighted by atomic mass is 9.90. The van der Waals surface area contributed by atoms with Gasteiger partial charge in [-0.05, 0) is 57.0 Å². The van der Waals surface area contributed by atoms with Crippen LogP contribution in [0.3, 0.4) is 0 Å². The number of nitrogens with one attached hydrogen (secondary N) is 1. The van der Waals surface area contributed by atoms with Gasteiger partial charge in [-0.15, -0.1) is 24.0 Å². The van der Waals surface area contributed by atoms with Gasteiger partial charge in [-0.2, -0.15) is 0 Å². The van der Waals surface area contributed by atoms with Crippen molar-refractivity contribution in [3.05, 3.63) is 57.6 Å². The predicted molar refractivity (Wildman–Crippen MR) is 131 cm³/mol. The van der Waals surface area contributed by atoms with Gasteiger partial charge in [0.05, 0.1) is 15.8 Å². The van der Waals surface area contributed by atoms with E-state index in [2.05, 4.69) is 21.4 Å². The number of carbonyl (C=O) groups is 2. The van der Waals surface area contributed by atoms with Gasteiger partial charge in [0.1, 0.15) is 0 Å². The molecular weight excluding hydrogens is 545 g/mol. The van der Waals surface area contributed by atoms with E-state index in [1.165, 1.54) is 0 Å². The number of rotatable bonds is 2. The molecule has 1 aliphatic carbocycles. The van der Waals surface area contributed by atoms with Crippen LogP contribution in [0.25, 0.3) is 0 Å². The van der Waals surface area contributed by atoms with Crippen LogP contribution in [0.1, 0.15) is 38.1 Å². The molecule has 1 aliphatic rings. The Kier molecular flexibility index (Phi) is 15.1. The van der Waals surface area contributed by atoms with Gasteiger partial charge in [-0.3, -0.25) is 20.9 Å². The van der Waals surface area contributed by atoms with Crippen LogP contribution in [0.2, 0.25) is 0 Å². The maximum atomic E-state index is 11.0. The van der Waals surface area contributed by atoms with E-state index in [0.717, 1.165) is 0 Å². The minimum atomic E-state index is -0.884. The summed E-state index contributed by atoms with van der Waals surface area (Å²) in [6.45, 7) is 7.71. The number of hydrogen-bond donors (Lipinski definition) is 2. The molecule has 0 heterocycles. The van der Waals surface area contributed by atoms with Crippen LogP contribution in [0.15, 0.2) is 52.0 Å². The summed E-state index contributed by atoms with van der Waals surface area (Å²) < 4.78 is 0.588. The number of halogens is 6. The van der Waals surface area contributed by atoms with Crippen molar-refractivity contribution in [2.24, 2.45) is 11.8 Å². The van der Waals surface area contributed by atoms with Gasteiger partial charge in [0.25, 0.3) is 5.24 Å². The molecule has 0 bridgehead atoms. The normalized spacial score (nSPS) is 20.4. The molecule has 10 heteroatoms. The maximum absolute atomic E-state index is 11.0. The lowest BCUT2D eigenvalue weighted by Gasteiger charge is -2.30. The SMILES string of the molecule is CC(C)(C)NN.CC1(Cl)C(Br)=C(Cl)C=CC1C(=O)Cl.Cl.O=C(Cl)c1ccccc1. The molecule has 2 atom stereocenters. The average molecular weight is 570 g/mol. The van der Waals surface area contributed by atoms with E-state index in [9.17, 15) is 9.59 Å². The fraction of sp³-hybridized carbons (Fsp3) is 0.368. The predicted octanol–water partition coefficient (Wildman–Crippen LogP) is 6.52. The highest BCUT2D eigenvalue weighted by Crippen LogP contribution is 2.44. The zero-order chi connectivity index (χ0) is 22.1. The van der Waals surface area contributed by atoms with Crippen molar-refractivity contribution in [3.63, 3.8) is 0 Å². The number of alkyl halides is 1. The second kappa shape index (κ2) is 14.0. The van der Waals surface area contributed by atoms with Crippen molar-refractivity contribution in [1.29, 1.82) is 0 Å². The molecule has 29 heavy (non-hydrogen) atoms. The van der Waals surface area contributed by atoms with Gasteiger partial charge in [0.2, 0.25) is 5.24 Å². The van der Waals surface area contributed by atoms with Crippen molar-refractivity contribution >= 4 is 85.2 Å². The van der Waals surface area contributed by atoms with E-state index < -0.39 is 21.3 Å². The van der Waals surface area contributed by atoms with E-state index in [1.807, 2.05) is 26.8 Å². The zero-order valence-electron chi connectivity index (χ0n) is 16.3. The van der Waals surface area contributed by atoms with Crippen LogP contribution in [0, 0.1) is 5.92 Å². The molecule has 1 aromatic rings. The topological polar surface area (TPSA) is 72.2 Å². The first kappa shape index (κ1) is 31.1. The summed E-state index contributed by atoms with van der Waals surface area (Å²) in [5, 5.41) is -0.405. The Morgan fingerprint density at radius 1 is 1.17 bits per heavy atom. The number of carbonyl (C=O) groups excluding carboxylic acids is 2. The number of allylic oxidation sites excluding steroid dienone is 4. The van der Waals surface area contributed by atoms with Gasteiger partial charge < -0.3 is 0 Å². The molecule has 0 aromatic heterocycles. The van der Waals surface area contributed by atoms with Crippen molar-refractivity contribution in [3.8, 4) is 0 Å². The van der Waals surface area contributed by atoms with Gasteiger partial charge in [-0.1, -0.05) is 63.9 Å². The molecule has 2 unspecified atom stereocenters.